The summed E-state index contributed by atoms with van der Waals surface area (Å²) in [5.41, 5.74) is 3.42. The molecular weight excluding hydrogens is 555 g/mol. The van der Waals surface area contributed by atoms with Crippen LogP contribution >= 0.6 is 0 Å². The number of amides is 1. The third kappa shape index (κ3) is 5.76. The first-order valence-corrected chi connectivity index (χ1v) is 14.7. The molecule has 214 valence electrons. The SMILES string of the molecule is CCS(=O)(=O)c1ccc(CC(=O)Nc2cc(C)c(C3(c4noc(-c5ccc(C(F)(F)F)cc5)n4)CC3)c(C)c2)cc1. The standard InChI is InChI=1S/C30H28F3N3O4S/c1-4-41(38,39)24-11-5-20(6-12-24)17-25(37)34-23-15-18(2)26(19(3)16-23)29(13-14-29)28-35-27(40-36-28)21-7-9-22(10-8-21)30(31,32)33/h5-12,15-16H,4,13-14,17H2,1-3H3,(H,34,37). The van der Waals surface area contributed by atoms with Gasteiger partial charge in [-0.2, -0.15) is 18.2 Å². The normalized spacial score (nSPS) is 14.6. The third-order valence-corrected chi connectivity index (χ3v) is 9.14. The molecule has 1 fully saturated rings. The van der Waals surface area contributed by atoms with Crippen LogP contribution in [0.25, 0.3) is 11.5 Å². The van der Waals surface area contributed by atoms with Gasteiger partial charge in [-0.05, 0) is 97.5 Å². The van der Waals surface area contributed by atoms with Crippen LogP contribution in [0.3, 0.4) is 0 Å². The molecule has 0 radical (unpaired) electrons. The van der Waals surface area contributed by atoms with Crippen LogP contribution in [0.15, 0.2) is 70.1 Å². The number of carbonyl (C=O) groups is 1. The number of rotatable bonds is 8. The van der Waals surface area contributed by atoms with Crippen LogP contribution in [0, 0.1) is 13.8 Å². The predicted octanol–water partition coefficient (Wildman–Crippen LogP) is 6.43. The molecule has 1 aromatic heterocycles. The summed E-state index contributed by atoms with van der Waals surface area (Å²) in [7, 11) is -3.30. The van der Waals surface area contributed by atoms with Crippen LogP contribution < -0.4 is 5.32 Å². The Labute approximate surface area is 235 Å². The van der Waals surface area contributed by atoms with Crippen molar-refractivity contribution in [3.8, 4) is 11.5 Å². The Kier molecular flexibility index (Phi) is 7.27. The highest BCUT2D eigenvalue weighted by molar-refractivity contribution is 7.91. The second kappa shape index (κ2) is 10.4. The van der Waals surface area contributed by atoms with Gasteiger partial charge in [0.05, 0.1) is 28.0 Å². The molecule has 1 heterocycles. The molecule has 1 amide bonds. The Balaban J connectivity index is 1.31. The van der Waals surface area contributed by atoms with Crippen molar-refractivity contribution in [1.29, 1.82) is 0 Å². The van der Waals surface area contributed by atoms with E-state index < -0.39 is 27.0 Å². The summed E-state index contributed by atoms with van der Waals surface area (Å²) in [6, 6.07) is 14.7. The Bertz CT molecular complexity index is 1680. The summed E-state index contributed by atoms with van der Waals surface area (Å²) in [4.78, 5) is 17.5. The molecule has 41 heavy (non-hydrogen) atoms. The van der Waals surface area contributed by atoms with Crippen molar-refractivity contribution in [3.05, 3.63) is 94.3 Å². The number of carbonyl (C=O) groups excluding carboxylic acids is 1. The summed E-state index contributed by atoms with van der Waals surface area (Å²) >= 11 is 0. The number of nitrogens with zero attached hydrogens (tertiary/aromatic N) is 2. The molecule has 0 saturated heterocycles. The van der Waals surface area contributed by atoms with Gasteiger partial charge in [0.1, 0.15) is 0 Å². The van der Waals surface area contributed by atoms with E-state index in [0.717, 1.165) is 41.7 Å². The summed E-state index contributed by atoms with van der Waals surface area (Å²) < 4.78 is 68.2. The van der Waals surface area contributed by atoms with Crippen LogP contribution in [0.2, 0.25) is 0 Å². The van der Waals surface area contributed by atoms with E-state index in [0.29, 0.717) is 22.6 Å². The summed E-state index contributed by atoms with van der Waals surface area (Å²) in [5, 5.41) is 7.11. The van der Waals surface area contributed by atoms with Gasteiger partial charge >= 0.3 is 6.18 Å². The van der Waals surface area contributed by atoms with Gasteiger partial charge in [0.2, 0.25) is 5.91 Å². The molecule has 1 aliphatic carbocycles. The smallest absolute Gasteiger partial charge is 0.334 e. The maximum absolute atomic E-state index is 12.9. The number of hydrogen-bond acceptors (Lipinski definition) is 6. The predicted molar refractivity (Wildman–Crippen MR) is 147 cm³/mol. The van der Waals surface area contributed by atoms with Gasteiger partial charge in [-0.25, -0.2) is 8.42 Å². The fraction of sp³-hybridized carbons (Fsp3) is 0.300. The lowest BCUT2D eigenvalue weighted by atomic mass is 9.87. The fourth-order valence-corrected chi connectivity index (χ4v) is 6.09. The topological polar surface area (TPSA) is 102 Å². The highest BCUT2D eigenvalue weighted by Gasteiger charge is 2.51. The zero-order valence-corrected chi connectivity index (χ0v) is 23.5. The molecule has 0 unspecified atom stereocenters. The molecule has 1 aliphatic rings. The van der Waals surface area contributed by atoms with Crippen LogP contribution in [0.1, 0.15) is 53.4 Å². The molecule has 11 heteroatoms. The average Bonchev–Trinajstić information content (AvgIpc) is 3.54. The van der Waals surface area contributed by atoms with Gasteiger partial charge in [-0.3, -0.25) is 4.79 Å². The zero-order chi connectivity index (χ0) is 29.6. The van der Waals surface area contributed by atoms with Gasteiger partial charge < -0.3 is 9.84 Å². The van der Waals surface area contributed by atoms with E-state index in [1.54, 1.807) is 19.1 Å². The number of benzene rings is 3. The Morgan fingerprint density at radius 3 is 2.15 bits per heavy atom. The maximum Gasteiger partial charge on any atom is 0.416 e. The van der Waals surface area contributed by atoms with Crippen LogP contribution in [0.5, 0.6) is 0 Å². The van der Waals surface area contributed by atoms with Crippen LogP contribution in [-0.4, -0.2) is 30.2 Å². The first kappa shape index (κ1) is 28.5. The number of hydrogen-bond donors (Lipinski definition) is 1. The van der Waals surface area contributed by atoms with Gasteiger partial charge in [-0.15, -0.1) is 0 Å². The Morgan fingerprint density at radius 2 is 1.61 bits per heavy atom. The van der Waals surface area contributed by atoms with Crippen molar-refractivity contribution in [2.45, 2.75) is 56.5 Å². The lowest BCUT2D eigenvalue weighted by Crippen LogP contribution is -2.17. The van der Waals surface area contributed by atoms with Crippen molar-refractivity contribution < 1.29 is 30.9 Å². The molecule has 7 nitrogen and oxygen atoms in total. The van der Waals surface area contributed by atoms with E-state index in [4.69, 9.17) is 4.52 Å². The quantitative estimate of drug-likeness (QED) is 0.257. The number of aromatic nitrogens is 2. The lowest BCUT2D eigenvalue weighted by molar-refractivity contribution is -0.137. The minimum absolute atomic E-state index is 0.00977. The van der Waals surface area contributed by atoms with Gasteiger partial charge in [-0.1, -0.05) is 24.2 Å². The first-order chi connectivity index (χ1) is 19.3. The number of nitrogens with one attached hydrogen (secondary N) is 1. The van der Waals surface area contributed by atoms with Crippen molar-refractivity contribution in [3.63, 3.8) is 0 Å². The van der Waals surface area contributed by atoms with E-state index in [1.807, 2.05) is 26.0 Å². The summed E-state index contributed by atoms with van der Waals surface area (Å²) in [6.07, 6.45) is -2.76. The number of aryl methyl sites for hydroxylation is 2. The number of anilines is 1. The fourth-order valence-electron chi connectivity index (χ4n) is 5.21. The van der Waals surface area contributed by atoms with Gasteiger partial charge in [0.15, 0.2) is 15.7 Å². The van der Waals surface area contributed by atoms with E-state index in [2.05, 4.69) is 15.5 Å². The lowest BCUT2D eigenvalue weighted by Gasteiger charge is -2.19. The second-order valence-corrected chi connectivity index (χ2v) is 12.6. The van der Waals surface area contributed by atoms with E-state index in [-0.39, 0.29) is 28.9 Å². The van der Waals surface area contributed by atoms with Crippen LogP contribution in [0.4, 0.5) is 18.9 Å². The average molecular weight is 584 g/mol. The highest BCUT2D eigenvalue weighted by Crippen LogP contribution is 2.55. The largest absolute Gasteiger partial charge is 0.416 e. The summed E-state index contributed by atoms with van der Waals surface area (Å²) in [6.45, 7) is 5.48. The van der Waals surface area contributed by atoms with Crippen molar-refractivity contribution >= 4 is 21.4 Å². The molecule has 1 N–H and O–H groups in total. The van der Waals surface area contributed by atoms with E-state index in [1.165, 1.54) is 24.3 Å². The monoisotopic (exact) mass is 583 g/mol. The first-order valence-electron chi connectivity index (χ1n) is 13.1. The third-order valence-electron chi connectivity index (χ3n) is 7.39. The molecule has 5 rings (SSSR count). The van der Waals surface area contributed by atoms with Crippen molar-refractivity contribution in [1.82, 2.24) is 10.1 Å². The van der Waals surface area contributed by atoms with Crippen molar-refractivity contribution in [2.24, 2.45) is 0 Å². The molecule has 0 atom stereocenters. The molecular formula is C30H28F3N3O4S. The van der Waals surface area contributed by atoms with Crippen molar-refractivity contribution in [2.75, 3.05) is 11.1 Å². The Morgan fingerprint density at radius 1 is 1.00 bits per heavy atom. The van der Waals surface area contributed by atoms with Gasteiger partial charge in [0.25, 0.3) is 5.89 Å². The number of halogens is 3. The second-order valence-electron chi connectivity index (χ2n) is 10.3. The molecule has 3 aromatic carbocycles. The van der Waals surface area contributed by atoms with E-state index >= 15 is 0 Å². The van der Waals surface area contributed by atoms with Gasteiger partial charge in [0, 0.05) is 11.3 Å². The maximum atomic E-state index is 12.9. The minimum atomic E-state index is -4.43. The molecule has 0 spiro atoms. The Hall–Kier alpha value is -3.99. The number of alkyl halides is 3. The zero-order valence-electron chi connectivity index (χ0n) is 22.7. The number of sulfone groups is 1. The van der Waals surface area contributed by atoms with E-state index in [9.17, 15) is 26.4 Å². The molecule has 0 bridgehead atoms. The molecule has 0 aliphatic heterocycles. The minimum Gasteiger partial charge on any atom is -0.334 e. The summed E-state index contributed by atoms with van der Waals surface area (Å²) in [5.74, 6) is 0.405. The molecule has 1 saturated carbocycles. The molecule has 4 aromatic rings. The highest BCUT2D eigenvalue weighted by atomic mass is 32.2. The van der Waals surface area contributed by atoms with Crippen LogP contribution in [-0.2, 0) is 32.6 Å².